The fraction of sp³-hybridized carbons (Fsp3) is 0.235. The number of alkyl halides is 3. The molecule has 26 heavy (non-hydrogen) atoms. The highest BCUT2D eigenvalue weighted by molar-refractivity contribution is 5.82. The lowest BCUT2D eigenvalue weighted by molar-refractivity contribution is -0.138. The van der Waals surface area contributed by atoms with Gasteiger partial charge in [-0.25, -0.2) is 4.79 Å². The van der Waals surface area contributed by atoms with Gasteiger partial charge >= 0.3 is 17.8 Å². The third-order valence-corrected chi connectivity index (χ3v) is 3.71. The molecule has 3 rings (SSSR count). The van der Waals surface area contributed by atoms with Crippen molar-refractivity contribution in [2.45, 2.75) is 26.1 Å². The molecule has 0 aliphatic rings. The topological polar surface area (TPSA) is 85.5 Å². The summed E-state index contributed by atoms with van der Waals surface area (Å²) in [5.74, 6) is -0.477. The van der Waals surface area contributed by atoms with Crippen molar-refractivity contribution in [3.8, 4) is 11.9 Å². The zero-order chi connectivity index (χ0) is 18.9. The Morgan fingerprint density at radius 1 is 1.19 bits per heavy atom. The van der Waals surface area contributed by atoms with Crippen LogP contribution in [-0.2, 0) is 19.2 Å². The van der Waals surface area contributed by atoms with Crippen molar-refractivity contribution in [3.05, 3.63) is 57.4 Å². The zero-order valence-electron chi connectivity index (χ0n) is 13.5. The third kappa shape index (κ3) is 3.46. The van der Waals surface area contributed by atoms with Gasteiger partial charge in [0.2, 0.25) is 11.6 Å². The first kappa shape index (κ1) is 17.7. The summed E-state index contributed by atoms with van der Waals surface area (Å²) in [6.07, 6.45) is -4.10. The molecule has 0 aliphatic heterocycles. The minimum Gasteiger partial charge on any atom is -0.493 e. The fourth-order valence-electron chi connectivity index (χ4n) is 2.51. The standard InChI is InChI=1S/C17H13F3N2O4/c1-2-9-7-12(23)26-15-13(9)14(24)21-16(22-15)25-8-10-5-3-4-6-11(10)17(18,19)20/h3-7H,2,8H2,1H3,(H,21,22,24). The van der Waals surface area contributed by atoms with E-state index in [2.05, 4.69) is 9.97 Å². The molecule has 9 heteroatoms. The van der Waals surface area contributed by atoms with E-state index in [1.807, 2.05) is 0 Å². The number of ether oxygens (including phenoxy) is 1. The largest absolute Gasteiger partial charge is 0.493 e. The van der Waals surface area contributed by atoms with Crippen molar-refractivity contribution in [3.63, 3.8) is 0 Å². The van der Waals surface area contributed by atoms with Crippen molar-refractivity contribution in [1.29, 1.82) is 0 Å². The molecule has 0 spiro atoms. The van der Waals surface area contributed by atoms with Crippen LogP contribution in [0.5, 0.6) is 11.9 Å². The van der Waals surface area contributed by atoms with E-state index >= 15 is 0 Å². The average molecular weight is 366 g/mol. The Morgan fingerprint density at radius 2 is 1.92 bits per heavy atom. The normalized spacial score (nSPS) is 11.7. The van der Waals surface area contributed by atoms with Crippen LogP contribution in [0.4, 0.5) is 13.2 Å². The number of aromatic nitrogens is 2. The second kappa shape index (κ2) is 6.66. The van der Waals surface area contributed by atoms with Crippen molar-refractivity contribution < 1.29 is 27.4 Å². The molecule has 1 aromatic carbocycles. The van der Waals surface area contributed by atoms with Gasteiger partial charge in [0.05, 0.1) is 5.56 Å². The van der Waals surface area contributed by atoms with Gasteiger partial charge in [-0.2, -0.15) is 23.1 Å². The quantitative estimate of drug-likeness (QED) is 0.761. The second-order valence-electron chi connectivity index (χ2n) is 5.40. The zero-order valence-corrected chi connectivity index (χ0v) is 13.5. The molecular formula is C17H13F3N2O4. The van der Waals surface area contributed by atoms with Crippen LogP contribution < -0.4 is 10.4 Å². The van der Waals surface area contributed by atoms with Crippen molar-refractivity contribution >= 4 is 11.1 Å². The monoisotopic (exact) mass is 366 g/mol. The van der Waals surface area contributed by atoms with E-state index in [-0.39, 0.29) is 16.7 Å². The summed E-state index contributed by atoms with van der Waals surface area (Å²) < 4.78 is 49.1. The number of aromatic hydroxyl groups is 1. The fourth-order valence-corrected chi connectivity index (χ4v) is 2.51. The molecule has 0 bridgehead atoms. The molecule has 136 valence electrons. The highest BCUT2D eigenvalue weighted by atomic mass is 19.4. The molecule has 0 amide bonds. The van der Waals surface area contributed by atoms with Crippen LogP contribution in [0.3, 0.4) is 0 Å². The van der Waals surface area contributed by atoms with Gasteiger partial charge in [-0.3, -0.25) is 0 Å². The Hall–Kier alpha value is -3.10. The number of rotatable bonds is 4. The molecule has 3 aromatic rings. The Kier molecular flexibility index (Phi) is 4.54. The van der Waals surface area contributed by atoms with E-state index in [0.29, 0.717) is 12.0 Å². The summed E-state index contributed by atoms with van der Waals surface area (Å²) in [5, 5.41) is 10.2. The number of hydrogen-bond donors (Lipinski definition) is 1. The summed E-state index contributed by atoms with van der Waals surface area (Å²) in [4.78, 5) is 19.1. The average Bonchev–Trinajstić information content (AvgIpc) is 2.58. The molecule has 0 atom stereocenters. The number of fused-ring (bicyclic) bond motifs is 1. The predicted octanol–water partition coefficient (Wildman–Crippen LogP) is 3.45. The highest BCUT2D eigenvalue weighted by Crippen LogP contribution is 2.32. The van der Waals surface area contributed by atoms with Gasteiger partial charge in [0.25, 0.3) is 0 Å². The number of hydrogen-bond acceptors (Lipinski definition) is 6. The van der Waals surface area contributed by atoms with Crippen molar-refractivity contribution in [2.24, 2.45) is 0 Å². The lowest BCUT2D eigenvalue weighted by atomic mass is 10.1. The van der Waals surface area contributed by atoms with Gasteiger partial charge in [0.1, 0.15) is 12.0 Å². The first-order valence-corrected chi connectivity index (χ1v) is 7.61. The first-order valence-electron chi connectivity index (χ1n) is 7.61. The molecule has 2 aromatic heterocycles. The number of halogens is 3. The minimum absolute atomic E-state index is 0.119. The lowest BCUT2D eigenvalue weighted by Gasteiger charge is -2.13. The van der Waals surface area contributed by atoms with E-state index in [9.17, 15) is 23.1 Å². The van der Waals surface area contributed by atoms with Crippen LogP contribution in [0.2, 0.25) is 0 Å². The van der Waals surface area contributed by atoms with Crippen LogP contribution in [0, 0.1) is 0 Å². The van der Waals surface area contributed by atoms with Gasteiger partial charge in [0, 0.05) is 11.6 Å². The SMILES string of the molecule is CCc1cc(=O)oc2nc(OCc3ccccc3C(F)(F)F)nc(O)c12. The van der Waals surface area contributed by atoms with Crippen LogP contribution in [0.15, 0.2) is 39.5 Å². The van der Waals surface area contributed by atoms with E-state index in [4.69, 9.17) is 9.15 Å². The molecule has 2 heterocycles. The Balaban J connectivity index is 1.95. The van der Waals surface area contributed by atoms with Crippen LogP contribution in [0.25, 0.3) is 11.1 Å². The first-order chi connectivity index (χ1) is 12.3. The summed E-state index contributed by atoms with van der Waals surface area (Å²) in [5.41, 5.74) is -1.33. The Labute approximate surface area is 144 Å². The third-order valence-electron chi connectivity index (χ3n) is 3.71. The van der Waals surface area contributed by atoms with E-state index in [0.717, 1.165) is 6.07 Å². The Morgan fingerprint density at radius 3 is 2.62 bits per heavy atom. The van der Waals surface area contributed by atoms with E-state index < -0.39 is 35.9 Å². The maximum Gasteiger partial charge on any atom is 0.416 e. The molecule has 0 radical (unpaired) electrons. The van der Waals surface area contributed by atoms with Gasteiger partial charge in [-0.1, -0.05) is 25.1 Å². The number of benzene rings is 1. The maximum atomic E-state index is 13.0. The minimum atomic E-state index is -4.53. The Bertz CT molecular complexity index is 1020. The van der Waals surface area contributed by atoms with Crippen molar-refractivity contribution in [1.82, 2.24) is 9.97 Å². The smallest absolute Gasteiger partial charge is 0.416 e. The summed E-state index contributed by atoms with van der Waals surface area (Å²) in [6.45, 7) is 1.30. The van der Waals surface area contributed by atoms with E-state index in [1.165, 1.54) is 24.3 Å². The summed E-state index contributed by atoms with van der Waals surface area (Å²) >= 11 is 0. The molecule has 1 N–H and O–H groups in total. The van der Waals surface area contributed by atoms with Crippen molar-refractivity contribution in [2.75, 3.05) is 0 Å². The van der Waals surface area contributed by atoms with E-state index in [1.54, 1.807) is 6.92 Å². The highest BCUT2D eigenvalue weighted by Gasteiger charge is 2.33. The molecule has 0 unspecified atom stereocenters. The number of nitrogens with zero attached hydrogens (tertiary/aromatic N) is 2. The lowest BCUT2D eigenvalue weighted by Crippen LogP contribution is -2.11. The summed E-state index contributed by atoms with van der Waals surface area (Å²) in [6, 6.07) is 5.72. The van der Waals surface area contributed by atoms with Gasteiger partial charge < -0.3 is 14.3 Å². The van der Waals surface area contributed by atoms with Crippen LogP contribution in [0.1, 0.15) is 23.6 Å². The predicted molar refractivity (Wildman–Crippen MR) is 84.9 cm³/mol. The molecule has 0 saturated heterocycles. The molecular weight excluding hydrogens is 353 g/mol. The molecule has 0 fully saturated rings. The van der Waals surface area contributed by atoms with Crippen LogP contribution in [-0.4, -0.2) is 15.1 Å². The van der Waals surface area contributed by atoms with Gasteiger partial charge in [-0.15, -0.1) is 0 Å². The molecule has 0 saturated carbocycles. The van der Waals surface area contributed by atoms with Gasteiger partial charge in [0.15, 0.2) is 0 Å². The molecule has 6 nitrogen and oxygen atoms in total. The second-order valence-corrected chi connectivity index (χ2v) is 5.40. The summed E-state index contributed by atoms with van der Waals surface area (Å²) in [7, 11) is 0. The number of aryl methyl sites for hydroxylation is 1. The maximum absolute atomic E-state index is 13.0. The van der Waals surface area contributed by atoms with Crippen LogP contribution >= 0.6 is 0 Å². The molecule has 0 aliphatic carbocycles. The van der Waals surface area contributed by atoms with Gasteiger partial charge in [-0.05, 0) is 18.1 Å².